The van der Waals surface area contributed by atoms with E-state index in [1.807, 2.05) is 32.0 Å². The Morgan fingerprint density at radius 3 is 2.64 bits per heavy atom. The number of hydrogen-bond acceptors (Lipinski definition) is 7. The van der Waals surface area contributed by atoms with Crippen molar-refractivity contribution >= 4 is 45.8 Å². The van der Waals surface area contributed by atoms with Gasteiger partial charge in [0.25, 0.3) is 5.69 Å². The zero-order valence-corrected chi connectivity index (χ0v) is 19.6. The minimum absolute atomic E-state index is 0.0706. The van der Waals surface area contributed by atoms with Gasteiger partial charge in [-0.05, 0) is 49.6 Å². The standard InChI is InChI=1S/C23H26N4O5S/c1-15-10-16(2)12-18(11-15)25-23-26(8-5-9-32-3)22(29)20(33-23)14-21(28)24-17-6-4-7-19(13-17)27(30)31/h4,6-7,10-13,20H,5,8-9,14H2,1-3H3,(H,24,28). The first-order valence-corrected chi connectivity index (χ1v) is 11.3. The van der Waals surface area contributed by atoms with Crippen LogP contribution in [0, 0.1) is 24.0 Å². The molecule has 10 heteroatoms. The largest absolute Gasteiger partial charge is 0.385 e. The summed E-state index contributed by atoms with van der Waals surface area (Å²) in [4.78, 5) is 42.4. The van der Waals surface area contributed by atoms with E-state index in [4.69, 9.17) is 9.73 Å². The van der Waals surface area contributed by atoms with E-state index in [1.165, 1.54) is 30.0 Å². The Kier molecular flexibility index (Phi) is 8.18. The number of carbonyl (C=O) groups is 2. The van der Waals surface area contributed by atoms with Crippen LogP contribution in [0.25, 0.3) is 0 Å². The molecule has 3 rings (SSSR count). The first-order chi connectivity index (χ1) is 15.8. The molecule has 174 valence electrons. The SMILES string of the molecule is COCCCN1C(=O)C(CC(=O)Nc2cccc([N+](=O)[O-])c2)SC1=Nc1cc(C)cc(C)c1. The third-order valence-corrected chi connectivity index (χ3v) is 6.07. The van der Waals surface area contributed by atoms with E-state index in [1.54, 1.807) is 18.1 Å². The molecule has 0 aliphatic carbocycles. The number of benzene rings is 2. The summed E-state index contributed by atoms with van der Waals surface area (Å²) < 4.78 is 5.11. The van der Waals surface area contributed by atoms with Gasteiger partial charge in [-0.2, -0.15) is 0 Å². The maximum absolute atomic E-state index is 13.1. The molecule has 2 aromatic rings. The van der Waals surface area contributed by atoms with E-state index < -0.39 is 16.1 Å². The van der Waals surface area contributed by atoms with Crippen molar-refractivity contribution in [3.8, 4) is 0 Å². The van der Waals surface area contributed by atoms with Crippen LogP contribution < -0.4 is 5.32 Å². The third-order valence-electron chi connectivity index (χ3n) is 4.89. The van der Waals surface area contributed by atoms with Gasteiger partial charge in [0.15, 0.2) is 5.17 Å². The van der Waals surface area contributed by atoms with Crippen LogP contribution in [-0.4, -0.2) is 52.3 Å². The van der Waals surface area contributed by atoms with Gasteiger partial charge in [-0.3, -0.25) is 24.6 Å². The fraction of sp³-hybridized carbons (Fsp3) is 0.348. The van der Waals surface area contributed by atoms with Crippen molar-refractivity contribution in [2.24, 2.45) is 4.99 Å². The van der Waals surface area contributed by atoms with Gasteiger partial charge in [0.2, 0.25) is 11.8 Å². The fourth-order valence-electron chi connectivity index (χ4n) is 3.50. The number of nitro benzene ring substituents is 1. The van der Waals surface area contributed by atoms with Gasteiger partial charge >= 0.3 is 0 Å². The van der Waals surface area contributed by atoms with Gasteiger partial charge in [0.1, 0.15) is 5.25 Å². The average Bonchev–Trinajstić information content (AvgIpc) is 3.02. The van der Waals surface area contributed by atoms with Crippen molar-refractivity contribution in [3.63, 3.8) is 0 Å². The maximum Gasteiger partial charge on any atom is 0.271 e. The Labute approximate surface area is 196 Å². The number of aliphatic imine (C=N–C) groups is 1. The maximum atomic E-state index is 13.1. The second kappa shape index (κ2) is 11.1. The molecule has 1 aliphatic rings. The normalized spacial score (nSPS) is 16.9. The number of nitrogens with zero attached hydrogens (tertiary/aromatic N) is 3. The zero-order valence-electron chi connectivity index (χ0n) is 18.7. The number of methoxy groups -OCH3 is 1. The number of nitrogens with one attached hydrogen (secondary N) is 1. The Morgan fingerprint density at radius 2 is 1.97 bits per heavy atom. The Hall–Kier alpha value is -3.24. The molecule has 1 unspecified atom stereocenters. The molecule has 0 saturated carbocycles. The number of aryl methyl sites for hydroxylation is 2. The Balaban J connectivity index is 1.76. The summed E-state index contributed by atoms with van der Waals surface area (Å²) in [6, 6.07) is 11.6. The van der Waals surface area contributed by atoms with Crippen molar-refractivity contribution in [1.82, 2.24) is 4.90 Å². The smallest absolute Gasteiger partial charge is 0.271 e. The molecule has 1 N–H and O–H groups in total. The summed E-state index contributed by atoms with van der Waals surface area (Å²) in [7, 11) is 1.60. The van der Waals surface area contributed by atoms with Crippen molar-refractivity contribution in [3.05, 3.63) is 63.7 Å². The van der Waals surface area contributed by atoms with E-state index in [9.17, 15) is 19.7 Å². The molecule has 2 aromatic carbocycles. The average molecular weight is 471 g/mol. The molecular formula is C23H26N4O5S. The van der Waals surface area contributed by atoms with Gasteiger partial charge in [0, 0.05) is 44.5 Å². The number of rotatable bonds is 9. The highest BCUT2D eigenvalue weighted by Crippen LogP contribution is 2.32. The third kappa shape index (κ3) is 6.62. The van der Waals surface area contributed by atoms with Gasteiger partial charge in [-0.25, -0.2) is 4.99 Å². The summed E-state index contributed by atoms with van der Waals surface area (Å²) in [6.45, 7) is 4.91. The van der Waals surface area contributed by atoms with Crippen molar-refractivity contribution < 1.29 is 19.2 Å². The first kappa shape index (κ1) is 24.4. The second-order valence-electron chi connectivity index (χ2n) is 7.74. The number of amidine groups is 1. The van der Waals surface area contributed by atoms with Crippen molar-refractivity contribution in [2.45, 2.75) is 31.9 Å². The van der Waals surface area contributed by atoms with Crippen LogP contribution in [0.3, 0.4) is 0 Å². The summed E-state index contributed by atoms with van der Waals surface area (Å²) >= 11 is 1.25. The second-order valence-corrected chi connectivity index (χ2v) is 8.91. The molecular weight excluding hydrogens is 444 g/mol. The van der Waals surface area contributed by atoms with Crippen molar-refractivity contribution in [1.29, 1.82) is 0 Å². The molecule has 0 bridgehead atoms. The number of carbonyl (C=O) groups excluding carboxylic acids is 2. The van der Waals surface area contributed by atoms with Gasteiger partial charge in [0.05, 0.1) is 10.6 Å². The predicted molar refractivity (Wildman–Crippen MR) is 129 cm³/mol. The number of thioether (sulfide) groups is 1. The van der Waals surface area contributed by atoms with Gasteiger partial charge in [-0.15, -0.1) is 0 Å². The molecule has 1 atom stereocenters. The lowest BCUT2D eigenvalue weighted by atomic mass is 10.1. The van der Waals surface area contributed by atoms with Crippen LogP contribution in [0.1, 0.15) is 24.0 Å². The lowest BCUT2D eigenvalue weighted by Gasteiger charge is -2.16. The number of nitro groups is 1. The molecule has 1 aliphatic heterocycles. The van der Waals surface area contributed by atoms with E-state index in [0.717, 1.165) is 16.8 Å². The Morgan fingerprint density at radius 1 is 1.24 bits per heavy atom. The quantitative estimate of drug-likeness (QED) is 0.334. The predicted octanol–water partition coefficient (Wildman–Crippen LogP) is 4.21. The summed E-state index contributed by atoms with van der Waals surface area (Å²) in [5.41, 5.74) is 3.09. The molecule has 9 nitrogen and oxygen atoms in total. The Bertz CT molecular complexity index is 1070. The summed E-state index contributed by atoms with van der Waals surface area (Å²) in [5.74, 6) is -0.584. The fourth-order valence-corrected chi connectivity index (χ4v) is 4.68. The van der Waals surface area contributed by atoms with E-state index in [0.29, 0.717) is 30.4 Å². The van der Waals surface area contributed by atoms with Crippen LogP contribution in [-0.2, 0) is 14.3 Å². The topological polar surface area (TPSA) is 114 Å². The number of non-ortho nitro benzene ring substituents is 1. The number of hydrogen-bond donors (Lipinski definition) is 1. The van der Waals surface area contributed by atoms with E-state index in [2.05, 4.69) is 5.32 Å². The number of ether oxygens (including phenoxy) is 1. The van der Waals surface area contributed by atoms with E-state index >= 15 is 0 Å². The minimum atomic E-state index is -0.629. The highest BCUT2D eigenvalue weighted by atomic mass is 32.2. The number of amides is 2. The van der Waals surface area contributed by atoms with Gasteiger partial charge in [-0.1, -0.05) is 23.9 Å². The minimum Gasteiger partial charge on any atom is -0.385 e. The van der Waals surface area contributed by atoms with Crippen LogP contribution >= 0.6 is 11.8 Å². The summed E-state index contributed by atoms with van der Waals surface area (Å²) in [5, 5.41) is 13.5. The van der Waals surface area contributed by atoms with Crippen LogP contribution in [0.2, 0.25) is 0 Å². The van der Waals surface area contributed by atoms with Gasteiger partial charge < -0.3 is 10.1 Å². The highest BCUT2D eigenvalue weighted by molar-refractivity contribution is 8.15. The highest BCUT2D eigenvalue weighted by Gasteiger charge is 2.39. The first-order valence-electron chi connectivity index (χ1n) is 10.4. The van der Waals surface area contributed by atoms with Crippen LogP contribution in [0.5, 0.6) is 0 Å². The molecule has 0 aromatic heterocycles. The van der Waals surface area contributed by atoms with Crippen LogP contribution in [0.4, 0.5) is 17.1 Å². The molecule has 2 amide bonds. The van der Waals surface area contributed by atoms with Crippen LogP contribution in [0.15, 0.2) is 47.5 Å². The molecule has 0 spiro atoms. The number of anilines is 1. The van der Waals surface area contributed by atoms with Crippen molar-refractivity contribution in [2.75, 3.05) is 25.6 Å². The molecule has 1 saturated heterocycles. The monoisotopic (exact) mass is 470 g/mol. The lowest BCUT2D eigenvalue weighted by molar-refractivity contribution is -0.384. The molecule has 0 radical (unpaired) electrons. The zero-order chi connectivity index (χ0) is 24.0. The molecule has 1 heterocycles. The molecule has 1 fully saturated rings. The lowest BCUT2D eigenvalue weighted by Crippen LogP contribution is -2.34. The summed E-state index contributed by atoms with van der Waals surface area (Å²) in [6.07, 6.45) is 0.570. The van der Waals surface area contributed by atoms with E-state index in [-0.39, 0.29) is 18.0 Å². The molecule has 33 heavy (non-hydrogen) atoms.